The molecule has 0 radical (unpaired) electrons. The zero-order valence-corrected chi connectivity index (χ0v) is 8.46. The summed E-state index contributed by atoms with van der Waals surface area (Å²) in [4.78, 5) is 11.7. The second-order valence-electron chi connectivity index (χ2n) is 3.26. The van der Waals surface area contributed by atoms with E-state index in [0.29, 0.717) is 11.3 Å². The van der Waals surface area contributed by atoms with Gasteiger partial charge in [0.25, 0.3) is 0 Å². The van der Waals surface area contributed by atoms with Gasteiger partial charge in [-0.05, 0) is 36.4 Å². The summed E-state index contributed by atoms with van der Waals surface area (Å²) in [6, 6.07) is 9.73. The Hall–Kier alpha value is -2.29. The van der Waals surface area contributed by atoms with Crippen LogP contribution in [0.25, 0.3) is 6.08 Å². The molecule has 80 valence electrons. The predicted molar refractivity (Wildman–Crippen MR) is 60.2 cm³/mol. The SMILES string of the molecule is O=C(/C=C/c1ccco1)c1cccc(O)c1. The first-order valence-electron chi connectivity index (χ1n) is 4.80. The maximum absolute atomic E-state index is 11.7. The highest BCUT2D eigenvalue weighted by Crippen LogP contribution is 2.12. The van der Waals surface area contributed by atoms with Crippen LogP contribution in [0.4, 0.5) is 0 Å². The van der Waals surface area contributed by atoms with Gasteiger partial charge in [-0.2, -0.15) is 0 Å². The molecule has 0 bridgehead atoms. The lowest BCUT2D eigenvalue weighted by Gasteiger charge is -1.95. The van der Waals surface area contributed by atoms with E-state index in [1.165, 1.54) is 18.2 Å². The van der Waals surface area contributed by atoms with Gasteiger partial charge in [-0.1, -0.05) is 12.1 Å². The van der Waals surface area contributed by atoms with E-state index in [1.807, 2.05) is 0 Å². The minimum Gasteiger partial charge on any atom is -0.508 e. The number of carbonyl (C=O) groups excluding carboxylic acids is 1. The van der Waals surface area contributed by atoms with Gasteiger partial charge in [0.15, 0.2) is 5.78 Å². The smallest absolute Gasteiger partial charge is 0.186 e. The number of allylic oxidation sites excluding steroid dienone is 1. The second-order valence-corrected chi connectivity index (χ2v) is 3.26. The standard InChI is InChI=1S/C13H10O3/c14-11-4-1-3-10(9-11)13(15)7-6-12-5-2-8-16-12/h1-9,14H/b7-6+. The van der Waals surface area contributed by atoms with Crippen molar-refractivity contribution in [2.24, 2.45) is 0 Å². The third-order valence-electron chi connectivity index (χ3n) is 2.07. The molecule has 16 heavy (non-hydrogen) atoms. The first-order chi connectivity index (χ1) is 7.75. The van der Waals surface area contributed by atoms with Crippen molar-refractivity contribution in [2.45, 2.75) is 0 Å². The van der Waals surface area contributed by atoms with Crippen LogP contribution in [0.1, 0.15) is 16.1 Å². The van der Waals surface area contributed by atoms with Gasteiger partial charge in [0, 0.05) is 5.56 Å². The molecule has 0 amide bonds. The molecule has 0 saturated heterocycles. The first-order valence-corrected chi connectivity index (χ1v) is 4.80. The Balaban J connectivity index is 2.15. The molecular weight excluding hydrogens is 204 g/mol. The number of furan rings is 1. The van der Waals surface area contributed by atoms with Crippen molar-refractivity contribution >= 4 is 11.9 Å². The molecule has 2 aromatic rings. The summed E-state index contributed by atoms with van der Waals surface area (Å²) in [5.41, 5.74) is 0.447. The third kappa shape index (κ3) is 2.39. The fourth-order valence-corrected chi connectivity index (χ4v) is 1.30. The highest BCUT2D eigenvalue weighted by atomic mass is 16.3. The summed E-state index contributed by atoms with van der Waals surface area (Å²) in [5.74, 6) is 0.526. The molecule has 0 saturated carbocycles. The average molecular weight is 214 g/mol. The number of rotatable bonds is 3. The minimum absolute atomic E-state index is 0.0808. The Kier molecular flexibility index (Phi) is 2.87. The van der Waals surface area contributed by atoms with Crippen molar-refractivity contribution < 1.29 is 14.3 Å². The molecule has 0 aliphatic rings. The second kappa shape index (κ2) is 4.49. The molecule has 0 aliphatic heterocycles. The summed E-state index contributed by atoms with van der Waals surface area (Å²) < 4.78 is 5.06. The van der Waals surface area contributed by atoms with Gasteiger partial charge in [0.05, 0.1) is 6.26 Å². The van der Waals surface area contributed by atoms with Crippen molar-refractivity contribution in [3.8, 4) is 5.75 Å². The Labute approximate surface area is 92.6 Å². The number of phenolic OH excluding ortho intramolecular Hbond substituents is 1. The van der Waals surface area contributed by atoms with Crippen LogP contribution in [-0.2, 0) is 0 Å². The molecule has 1 aromatic carbocycles. The van der Waals surface area contributed by atoms with Crippen LogP contribution in [0.5, 0.6) is 5.75 Å². The van der Waals surface area contributed by atoms with Crippen molar-refractivity contribution in [1.29, 1.82) is 0 Å². The molecule has 2 rings (SSSR count). The summed E-state index contributed by atoms with van der Waals surface area (Å²) in [6.45, 7) is 0. The fourth-order valence-electron chi connectivity index (χ4n) is 1.30. The number of benzene rings is 1. The minimum atomic E-state index is -0.174. The molecular formula is C13H10O3. The summed E-state index contributed by atoms with van der Waals surface area (Å²) in [6.07, 6.45) is 4.54. The van der Waals surface area contributed by atoms with Gasteiger partial charge in [-0.15, -0.1) is 0 Å². The first kappa shape index (κ1) is 10.2. The van der Waals surface area contributed by atoms with Crippen molar-refractivity contribution in [3.63, 3.8) is 0 Å². The van der Waals surface area contributed by atoms with E-state index >= 15 is 0 Å². The van der Waals surface area contributed by atoms with Crippen LogP contribution in [0.15, 0.2) is 53.2 Å². The fraction of sp³-hybridized carbons (Fsp3) is 0. The van der Waals surface area contributed by atoms with E-state index in [4.69, 9.17) is 4.42 Å². The Morgan fingerprint density at radius 1 is 1.25 bits per heavy atom. The van der Waals surface area contributed by atoms with Crippen LogP contribution in [0, 0.1) is 0 Å². The van der Waals surface area contributed by atoms with Crippen LogP contribution in [-0.4, -0.2) is 10.9 Å². The van der Waals surface area contributed by atoms with E-state index in [2.05, 4.69) is 0 Å². The number of hydrogen-bond acceptors (Lipinski definition) is 3. The zero-order valence-electron chi connectivity index (χ0n) is 8.46. The molecule has 1 heterocycles. The third-order valence-corrected chi connectivity index (χ3v) is 2.07. The number of aromatic hydroxyl groups is 1. The van der Waals surface area contributed by atoms with Gasteiger partial charge in [-0.25, -0.2) is 0 Å². The van der Waals surface area contributed by atoms with E-state index in [0.717, 1.165) is 0 Å². The normalized spacial score (nSPS) is 10.8. The summed E-state index contributed by atoms with van der Waals surface area (Å²) in [7, 11) is 0. The van der Waals surface area contributed by atoms with Gasteiger partial charge >= 0.3 is 0 Å². The quantitative estimate of drug-likeness (QED) is 0.631. The van der Waals surface area contributed by atoms with Gasteiger partial charge in [0.1, 0.15) is 11.5 Å². The van der Waals surface area contributed by atoms with Crippen LogP contribution < -0.4 is 0 Å². The molecule has 0 spiro atoms. The van der Waals surface area contributed by atoms with Crippen LogP contribution in [0.2, 0.25) is 0 Å². The van der Waals surface area contributed by atoms with Gasteiger partial charge in [-0.3, -0.25) is 4.79 Å². The molecule has 1 aromatic heterocycles. The van der Waals surface area contributed by atoms with Crippen LogP contribution >= 0.6 is 0 Å². The Morgan fingerprint density at radius 3 is 2.81 bits per heavy atom. The lowest BCUT2D eigenvalue weighted by molar-refractivity contribution is 0.104. The number of ketones is 1. The highest BCUT2D eigenvalue weighted by Gasteiger charge is 2.02. The van der Waals surface area contributed by atoms with E-state index in [-0.39, 0.29) is 11.5 Å². The number of phenols is 1. The predicted octanol–water partition coefficient (Wildman–Crippen LogP) is 2.88. The van der Waals surface area contributed by atoms with Gasteiger partial charge < -0.3 is 9.52 Å². The largest absolute Gasteiger partial charge is 0.508 e. The maximum Gasteiger partial charge on any atom is 0.186 e. The summed E-state index contributed by atoms with van der Waals surface area (Å²) >= 11 is 0. The number of hydrogen-bond donors (Lipinski definition) is 1. The zero-order chi connectivity index (χ0) is 11.4. The average Bonchev–Trinajstić information content (AvgIpc) is 2.78. The molecule has 0 unspecified atom stereocenters. The van der Waals surface area contributed by atoms with Crippen LogP contribution in [0.3, 0.4) is 0 Å². The van der Waals surface area contributed by atoms with E-state index in [1.54, 1.807) is 36.6 Å². The van der Waals surface area contributed by atoms with E-state index < -0.39 is 0 Å². The molecule has 0 aliphatic carbocycles. The summed E-state index contributed by atoms with van der Waals surface area (Å²) in [5, 5.41) is 9.22. The molecule has 3 heteroatoms. The monoisotopic (exact) mass is 214 g/mol. The van der Waals surface area contributed by atoms with Crippen molar-refractivity contribution in [1.82, 2.24) is 0 Å². The van der Waals surface area contributed by atoms with E-state index in [9.17, 15) is 9.90 Å². The lowest BCUT2D eigenvalue weighted by atomic mass is 10.1. The molecule has 1 N–H and O–H groups in total. The van der Waals surface area contributed by atoms with Crippen molar-refractivity contribution in [2.75, 3.05) is 0 Å². The topological polar surface area (TPSA) is 50.4 Å². The molecule has 0 fully saturated rings. The highest BCUT2D eigenvalue weighted by molar-refractivity contribution is 6.06. The molecule has 0 atom stereocenters. The molecule has 3 nitrogen and oxygen atoms in total. The van der Waals surface area contributed by atoms with Gasteiger partial charge in [0.2, 0.25) is 0 Å². The lowest BCUT2D eigenvalue weighted by Crippen LogP contribution is -1.92. The Bertz CT molecular complexity index is 510. The maximum atomic E-state index is 11.7. The Morgan fingerprint density at radius 2 is 2.12 bits per heavy atom. The number of carbonyl (C=O) groups is 1. The van der Waals surface area contributed by atoms with Crippen molar-refractivity contribution in [3.05, 3.63) is 60.1 Å².